The Balaban J connectivity index is 1.55. The number of β-lactam (4-membered cyclic amide) rings is 1. The molecule has 5 heteroatoms. The molecule has 1 aliphatic rings. The van der Waals surface area contributed by atoms with E-state index in [-0.39, 0.29) is 35.3 Å². The molecule has 30 heavy (non-hydrogen) atoms. The molecule has 1 aliphatic heterocycles. The number of phenolic OH excluding ortho intramolecular Hbond substituents is 1. The predicted octanol–water partition coefficient (Wildman–Crippen LogP) is 5.87. The second-order valence-corrected chi connectivity index (χ2v) is 7.48. The molecule has 3 aromatic rings. The number of hydrogen-bond acceptors (Lipinski definition) is 2. The molecule has 3 nitrogen and oxygen atoms in total. The van der Waals surface area contributed by atoms with Crippen LogP contribution < -0.4 is 4.90 Å². The number of nitrogens with zero attached hydrogens (tertiary/aromatic N) is 1. The summed E-state index contributed by atoms with van der Waals surface area (Å²) in [6, 6.07) is 18.6. The van der Waals surface area contributed by atoms with Crippen LogP contribution in [0.15, 0.2) is 79.4 Å². The van der Waals surface area contributed by atoms with Gasteiger partial charge in [0.2, 0.25) is 5.91 Å². The Kier molecular flexibility index (Phi) is 5.36. The minimum atomic E-state index is -0.361. The number of carbonyl (C=O) groups excluding carboxylic acids is 1. The van der Waals surface area contributed by atoms with Crippen LogP contribution in [-0.2, 0) is 4.79 Å². The van der Waals surface area contributed by atoms with Crippen molar-refractivity contribution in [3.8, 4) is 5.75 Å². The molecular formula is C25H21F2NO2. The third-order valence-corrected chi connectivity index (χ3v) is 5.56. The number of phenols is 1. The van der Waals surface area contributed by atoms with Crippen LogP contribution in [-0.4, -0.2) is 11.0 Å². The predicted molar refractivity (Wildman–Crippen MR) is 113 cm³/mol. The van der Waals surface area contributed by atoms with Gasteiger partial charge < -0.3 is 10.0 Å². The van der Waals surface area contributed by atoms with Gasteiger partial charge in [0.05, 0.1) is 12.0 Å². The van der Waals surface area contributed by atoms with Gasteiger partial charge in [0.25, 0.3) is 0 Å². The number of aromatic hydroxyl groups is 1. The van der Waals surface area contributed by atoms with Crippen molar-refractivity contribution in [1.82, 2.24) is 0 Å². The summed E-state index contributed by atoms with van der Waals surface area (Å²) in [7, 11) is 0. The average Bonchev–Trinajstić information content (AvgIpc) is 2.74. The molecule has 1 fully saturated rings. The van der Waals surface area contributed by atoms with Gasteiger partial charge in [-0.1, -0.05) is 30.8 Å². The number of carbonyl (C=O) groups is 1. The second kappa shape index (κ2) is 8.11. The molecular weight excluding hydrogens is 384 g/mol. The third-order valence-electron chi connectivity index (χ3n) is 5.56. The summed E-state index contributed by atoms with van der Waals surface area (Å²) in [6.45, 7) is 4.08. The van der Waals surface area contributed by atoms with E-state index in [1.165, 1.54) is 24.3 Å². The molecule has 0 aliphatic carbocycles. The minimum absolute atomic E-state index is 0.0356. The van der Waals surface area contributed by atoms with Crippen LogP contribution in [0.2, 0.25) is 0 Å². The first kappa shape index (κ1) is 19.8. The molecule has 1 N–H and O–H groups in total. The summed E-state index contributed by atoms with van der Waals surface area (Å²) in [5.41, 5.74) is 3.22. The van der Waals surface area contributed by atoms with Crippen LogP contribution in [0.25, 0.3) is 5.57 Å². The zero-order valence-corrected chi connectivity index (χ0v) is 16.3. The van der Waals surface area contributed by atoms with E-state index in [4.69, 9.17) is 0 Å². The van der Waals surface area contributed by atoms with Crippen LogP contribution in [0.4, 0.5) is 14.5 Å². The van der Waals surface area contributed by atoms with Crippen molar-refractivity contribution < 1.29 is 18.7 Å². The van der Waals surface area contributed by atoms with Crippen LogP contribution in [0.5, 0.6) is 5.75 Å². The fourth-order valence-electron chi connectivity index (χ4n) is 3.93. The molecule has 2 atom stereocenters. The van der Waals surface area contributed by atoms with E-state index in [1.54, 1.807) is 53.4 Å². The Hall–Kier alpha value is -3.47. The van der Waals surface area contributed by atoms with Crippen LogP contribution in [0.1, 0.15) is 30.0 Å². The Morgan fingerprint density at radius 1 is 0.900 bits per heavy atom. The lowest BCUT2D eigenvalue weighted by molar-refractivity contribution is -0.130. The van der Waals surface area contributed by atoms with Gasteiger partial charge in [-0.2, -0.15) is 0 Å². The van der Waals surface area contributed by atoms with Crippen molar-refractivity contribution >= 4 is 17.2 Å². The topological polar surface area (TPSA) is 40.5 Å². The van der Waals surface area contributed by atoms with E-state index >= 15 is 0 Å². The van der Waals surface area contributed by atoms with Crippen molar-refractivity contribution in [3.05, 3.63) is 102 Å². The van der Waals surface area contributed by atoms with Gasteiger partial charge in [-0.15, -0.1) is 0 Å². The Morgan fingerprint density at radius 3 is 2.07 bits per heavy atom. The molecule has 1 heterocycles. The summed E-state index contributed by atoms with van der Waals surface area (Å²) in [5, 5.41) is 9.62. The van der Waals surface area contributed by atoms with Crippen LogP contribution in [0.3, 0.4) is 0 Å². The molecule has 0 radical (unpaired) electrons. The Bertz CT molecular complexity index is 1060. The van der Waals surface area contributed by atoms with Crippen molar-refractivity contribution in [1.29, 1.82) is 0 Å². The summed E-state index contributed by atoms with van der Waals surface area (Å²) < 4.78 is 26.5. The van der Waals surface area contributed by atoms with Gasteiger partial charge in [-0.25, -0.2) is 8.78 Å². The fraction of sp³-hybridized carbons (Fsp3) is 0.160. The number of benzene rings is 3. The van der Waals surface area contributed by atoms with E-state index in [2.05, 4.69) is 6.58 Å². The highest BCUT2D eigenvalue weighted by Crippen LogP contribution is 2.46. The summed E-state index contributed by atoms with van der Waals surface area (Å²) in [6.07, 6.45) is 1.17. The van der Waals surface area contributed by atoms with Gasteiger partial charge in [0.1, 0.15) is 17.4 Å². The zero-order valence-electron chi connectivity index (χ0n) is 16.3. The van der Waals surface area contributed by atoms with E-state index in [9.17, 15) is 18.7 Å². The lowest BCUT2D eigenvalue weighted by Crippen LogP contribution is -2.55. The average molecular weight is 405 g/mol. The molecule has 1 unspecified atom stereocenters. The number of anilines is 1. The maximum Gasteiger partial charge on any atom is 0.233 e. The van der Waals surface area contributed by atoms with Gasteiger partial charge in [0, 0.05) is 5.69 Å². The molecule has 1 saturated heterocycles. The maximum absolute atomic E-state index is 13.3. The van der Waals surface area contributed by atoms with Crippen molar-refractivity contribution in [2.75, 3.05) is 4.90 Å². The van der Waals surface area contributed by atoms with E-state index < -0.39 is 0 Å². The van der Waals surface area contributed by atoms with Crippen molar-refractivity contribution in [3.63, 3.8) is 0 Å². The highest BCUT2D eigenvalue weighted by molar-refractivity contribution is 6.03. The van der Waals surface area contributed by atoms with Gasteiger partial charge in [-0.3, -0.25) is 4.79 Å². The van der Waals surface area contributed by atoms with E-state index in [1.807, 2.05) is 0 Å². The molecule has 0 aromatic heterocycles. The maximum atomic E-state index is 13.3. The lowest BCUT2D eigenvalue weighted by atomic mass is 9.78. The largest absolute Gasteiger partial charge is 0.508 e. The molecule has 0 bridgehead atoms. The van der Waals surface area contributed by atoms with E-state index in [0.717, 1.165) is 16.7 Å². The van der Waals surface area contributed by atoms with E-state index in [0.29, 0.717) is 18.5 Å². The monoisotopic (exact) mass is 405 g/mol. The first-order chi connectivity index (χ1) is 14.4. The van der Waals surface area contributed by atoms with Gasteiger partial charge in [0.15, 0.2) is 0 Å². The van der Waals surface area contributed by atoms with Crippen molar-refractivity contribution in [2.24, 2.45) is 5.92 Å². The molecule has 3 aromatic carbocycles. The summed E-state index contributed by atoms with van der Waals surface area (Å²) >= 11 is 0. The molecule has 1 amide bonds. The molecule has 152 valence electrons. The molecule has 4 rings (SSSR count). The van der Waals surface area contributed by atoms with Gasteiger partial charge in [-0.05, 0) is 78.1 Å². The van der Waals surface area contributed by atoms with Gasteiger partial charge >= 0.3 is 0 Å². The normalized spacial score (nSPS) is 18.2. The fourth-order valence-corrected chi connectivity index (χ4v) is 3.93. The zero-order chi connectivity index (χ0) is 21.3. The number of halogens is 2. The number of amides is 1. The third kappa shape index (κ3) is 3.83. The number of allylic oxidation sites excluding steroid dienone is 1. The van der Waals surface area contributed by atoms with Crippen LogP contribution in [0, 0.1) is 17.6 Å². The number of rotatable bonds is 6. The molecule has 0 saturated carbocycles. The highest BCUT2D eigenvalue weighted by Gasteiger charge is 2.48. The number of hydrogen-bond donors (Lipinski definition) is 1. The lowest BCUT2D eigenvalue weighted by Gasteiger charge is -2.47. The Morgan fingerprint density at radius 2 is 1.47 bits per heavy atom. The smallest absolute Gasteiger partial charge is 0.233 e. The SMILES string of the molecule is C=C(CC[C@H]1C(=O)N(c2ccc(F)cc2)C1c1ccc(O)cc1)c1ccc(F)cc1. The first-order valence-corrected chi connectivity index (χ1v) is 9.75. The quantitative estimate of drug-likeness (QED) is 0.521. The van der Waals surface area contributed by atoms with Crippen LogP contribution >= 0.6 is 0 Å². The Labute approximate surface area is 173 Å². The second-order valence-electron chi connectivity index (χ2n) is 7.48. The first-order valence-electron chi connectivity index (χ1n) is 9.75. The molecule has 0 spiro atoms. The van der Waals surface area contributed by atoms with Crippen molar-refractivity contribution in [2.45, 2.75) is 18.9 Å². The standard InChI is InChI=1S/C25H21F2NO2/c1-16(17-3-7-19(26)8-4-17)2-15-23-24(18-5-13-22(29)14-6-18)28(25(23)30)21-11-9-20(27)10-12-21/h3-14,23-24,29H,1-2,15H2/t23-,24?/m1/s1. The summed E-state index contributed by atoms with van der Waals surface area (Å²) in [4.78, 5) is 14.7. The minimum Gasteiger partial charge on any atom is -0.508 e. The summed E-state index contributed by atoms with van der Waals surface area (Å²) in [5.74, 6) is -0.814. The highest BCUT2D eigenvalue weighted by atomic mass is 19.1.